The molecule has 25 heavy (non-hydrogen) atoms. The number of aliphatic carboxylic acids is 1. The van der Waals surface area contributed by atoms with Gasteiger partial charge >= 0.3 is 12.1 Å². The molecule has 0 aliphatic heterocycles. The number of carbonyl (C=O) groups is 2. The fourth-order valence-electron chi connectivity index (χ4n) is 3.10. The van der Waals surface area contributed by atoms with Crippen LogP contribution in [0.5, 0.6) is 0 Å². The average Bonchev–Trinajstić information content (AvgIpc) is 2.93. The number of carbonyl (C=O) groups excluding carboxylic acids is 1. The molecule has 1 atom stereocenters. The van der Waals surface area contributed by atoms with E-state index in [1.165, 1.54) is 0 Å². The zero-order chi connectivity index (χ0) is 17.8. The molecule has 0 radical (unpaired) electrons. The van der Waals surface area contributed by atoms with Gasteiger partial charge in [-0.2, -0.15) is 0 Å². The summed E-state index contributed by atoms with van der Waals surface area (Å²) in [7, 11) is 0. The number of nitrogens with one attached hydrogen (secondary N) is 1. The SMILES string of the molecule is C#CCC(NC(=O)OCC1c2ccccc2-c2ccccc21)C(=O)O. The van der Waals surface area contributed by atoms with Crippen molar-refractivity contribution in [3.05, 3.63) is 59.7 Å². The van der Waals surface area contributed by atoms with Crippen LogP contribution in [0.2, 0.25) is 0 Å². The highest BCUT2D eigenvalue weighted by Crippen LogP contribution is 2.44. The normalized spacial score (nSPS) is 13.2. The van der Waals surface area contributed by atoms with Crippen molar-refractivity contribution in [3.8, 4) is 23.5 Å². The first-order valence-electron chi connectivity index (χ1n) is 7.89. The second kappa shape index (κ2) is 7.10. The van der Waals surface area contributed by atoms with Gasteiger partial charge in [-0.15, -0.1) is 12.3 Å². The minimum absolute atomic E-state index is 0.0749. The lowest BCUT2D eigenvalue weighted by molar-refractivity contribution is -0.139. The van der Waals surface area contributed by atoms with Crippen LogP contribution in [0.1, 0.15) is 23.5 Å². The first kappa shape index (κ1) is 16.6. The molecular formula is C20H17NO4. The third-order valence-electron chi connectivity index (χ3n) is 4.26. The van der Waals surface area contributed by atoms with Gasteiger partial charge in [0, 0.05) is 12.3 Å². The van der Waals surface area contributed by atoms with Crippen molar-refractivity contribution >= 4 is 12.1 Å². The van der Waals surface area contributed by atoms with E-state index in [-0.39, 0.29) is 18.9 Å². The summed E-state index contributed by atoms with van der Waals surface area (Å²) in [6, 6.07) is 14.8. The first-order valence-corrected chi connectivity index (χ1v) is 7.89. The molecule has 1 aliphatic carbocycles. The third kappa shape index (κ3) is 3.33. The Labute approximate surface area is 145 Å². The number of alkyl carbamates (subject to hydrolysis) is 1. The topological polar surface area (TPSA) is 75.6 Å². The number of benzene rings is 2. The van der Waals surface area contributed by atoms with Crippen LogP contribution in [-0.2, 0) is 9.53 Å². The number of amides is 1. The van der Waals surface area contributed by atoms with Gasteiger partial charge < -0.3 is 15.2 Å². The van der Waals surface area contributed by atoms with E-state index in [9.17, 15) is 9.59 Å². The van der Waals surface area contributed by atoms with Gasteiger partial charge in [-0.05, 0) is 22.3 Å². The summed E-state index contributed by atoms with van der Waals surface area (Å²) in [6.07, 6.45) is 4.23. The Kier molecular flexibility index (Phi) is 4.71. The zero-order valence-electron chi connectivity index (χ0n) is 13.4. The summed E-state index contributed by atoms with van der Waals surface area (Å²) in [5.74, 6) is 0.963. The molecule has 0 saturated heterocycles. The predicted octanol–water partition coefficient (Wildman–Crippen LogP) is 3.00. The highest BCUT2D eigenvalue weighted by molar-refractivity contribution is 5.81. The quantitative estimate of drug-likeness (QED) is 0.824. The lowest BCUT2D eigenvalue weighted by Gasteiger charge is -2.16. The standard InChI is InChI=1S/C20H17NO4/c1-2-7-18(19(22)23)21-20(24)25-12-17-15-10-5-3-8-13(15)14-9-4-6-11-16(14)17/h1,3-6,8-11,17-18H,7,12H2,(H,21,24)(H,22,23). The number of terminal acetylenes is 1. The van der Waals surface area contributed by atoms with Crippen molar-refractivity contribution in [2.24, 2.45) is 0 Å². The van der Waals surface area contributed by atoms with Crippen molar-refractivity contribution in [1.29, 1.82) is 0 Å². The van der Waals surface area contributed by atoms with Gasteiger partial charge in [0.25, 0.3) is 0 Å². The summed E-state index contributed by atoms with van der Waals surface area (Å²) in [4.78, 5) is 23.0. The molecule has 1 aliphatic rings. The van der Waals surface area contributed by atoms with Gasteiger partial charge in [0.1, 0.15) is 12.6 Å². The maximum Gasteiger partial charge on any atom is 0.407 e. The minimum atomic E-state index is -1.19. The summed E-state index contributed by atoms with van der Waals surface area (Å²) in [5.41, 5.74) is 4.44. The highest BCUT2D eigenvalue weighted by Gasteiger charge is 2.29. The van der Waals surface area contributed by atoms with Crippen molar-refractivity contribution < 1.29 is 19.4 Å². The van der Waals surface area contributed by atoms with Crippen molar-refractivity contribution in [2.75, 3.05) is 6.61 Å². The number of rotatable bonds is 5. The van der Waals surface area contributed by atoms with Crippen LogP contribution in [0.3, 0.4) is 0 Å². The number of hydrogen-bond acceptors (Lipinski definition) is 3. The monoisotopic (exact) mass is 335 g/mol. The van der Waals surface area contributed by atoms with E-state index in [0.717, 1.165) is 22.3 Å². The molecule has 126 valence electrons. The van der Waals surface area contributed by atoms with Gasteiger partial charge in [-0.1, -0.05) is 48.5 Å². The Morgan fingerprint density at radius 2 is 1.68 bits per heavy atom. The molecule has 2 aromatic rings. The molecule has 2 aromatic carbocycles. The van der Waals surface area contributed by atoms with E-state index in [1.54, 1.807) is 0 Å². The number of ether oxygens (including phenoxy) is 1. The second-order valence-corrected chi connectivity index (χ2v) is 5.77. The van der Waals surface area contributed by atoms with Crippen molar-refractivity contribution in [3.63, 3.8) is 0 Å². The number of hydrogen-bond donors (Lipinski definition) is 2. The Morgan fingerprint density at radius 3 is 2.20 bits per heavy atom. The molecule has 0 bridgehead atoms. The molecule has 0 saturated carbocycles. The van der Waals surface area contributed by atoms with E-state index >= 15 is 0 Å². The van der Waals surface area contributed by atoms with Gasteiger partial charge in [0.2, 0.25) is 0 Å². The molecule has 1 amide bonds. The molecule has 0 heterocycles. The smallest absolute Gasteiger partial charge is 0.407 e. The summed E-state index contributed by atoms with van der Waals surface area (Å²) in [5, 5.41) is 11.3. The van der Waals surface area contributed by atoms with Crippen LogP contribution in [0.15, 0.2) is 48.5 Å². The second-order valence-electron chi connectivity index (χ2n) is 5.77. The first-order chi connectivity index (χ1) is 12.1. The summed E-state index contributed by atoms with van der Waals surface area (Å²) < 4.78 is 5.28. The molecule has 5 heteroatoms. The molecule has 1 unspecified atom stereocenters. The number of carboxylic acids is 1. The Morgan fingerprint density at radius 1 is 1.12 bits per heavy atom. The maximum absolute atomic E-state index is 11.9. The fourth-order valence-corrected chi connectivity index (χ4v) is 3.10. The fraction of sp³-hybridized carbons (Fsp3) is 0.200. The summed E-state index contributed by atoms with van der Waals surface area (Å²) in [6.45, 7) is 0.127. The number of carboxylic acid groups (broad SMARTS) is 1. The van der Waals surface area contributed by atoms with Crippen LogP contribution in [-0.4, -0.2) is 29.8 Å². The average molecular weight is 335 g/mol. The lowest BCUT2D eigenvalue weighted by Crippen LogP contribution is -2.41. The maximum atomic E-state index is 11.9. The van der Waals surface area contributed by atoms with E-state index in [2.05, 4.69) is 11.2 Å². The van der Waals surface area contributed by atoms with Crippen molar-refractivity contribution in [1.82, 2.24) is 5.32 Å². The Balaban J connectivity index is 1.72. The van der Waals surface area contributed by atoms with Crippen molar-refractivity contribution in [2.45, 2.75) is 18.4 Å². The number of fused-ring (bicyclic) bond motifs is 3. The Bertz CT molecular complexity index is 807. The van der Waals surface area contributed by atoms with E-state index in [1.807, 2.05) is 48.5 Å². The van der Waals surface area contributed by atoms with Gasteiger partial charge in [-0.3, -0.25) is 0 Å². The molecular weight excluding hydrogens is 318 g/mol. The summed E-state index contributed by atoms with van der Waals surface area (Å²) >= 11 is 0. The third-order valence-corrected chi connectivity index (χ3v) is 4.26. The highest BCUT2D eigenvalue weighted by atomic mass is 16.5. The predicted molar refractivity (Wildman–Crippen MR) is 93.1 cm³/mol. The zero-order valence-corrected chi connectivity index (χ0v) is 13.4. The minimum Gasteiger partial charge on any atom is -0.480 e. The van der Waals surface area contributed by atoms with Crippen LogP contribution in [0.25, 0.3) is 11.1 Å². The molecule has 2 N–H and O–H groups in total. The van der Waals surface area contributed by atoms with Gasteiger partial charge in [0.15, 0.2) is 0 Å². The molecule has 0 aromatic heterocycles. The van der Waals surface area contributed by atoms with E-state index in [4.69, 9.17) is 16.3 Å². The van der Waals surface area contributed by atoms with Gasteiger partial charge in [0.05, 0.1) is 0 Å². The molecule has 5 nitrogen and oxygen atoms in total. The van der Waals surface area contributed by atoms with Gasteiger partial charge in [-0.25, -0.2) is 9.59 Å². The molecule has 0 spiro atoms. The van der Waals surface area contributed by atoms with Crippen LogP contribution in [0, 0.1) is 12.3 Å². The van der Waals surface area contributed by atoms with Crippen LogP contribution >= 0.6 is 0 Å². The molecule has 0 fully saturated rings. The van der Waals surface area contributed by atoms with Crippen LogP contribution < -0.4 is 5.32 Å². The van der Waals surface area contributed by atoms with Crippen LogP contribution in [0.4, 0.5) is 4.79 Å². The largest absolute Gasteiger partial charge is 0.480 e. The van der Waals surface area contributed by atoms with E-state index in [0.29, 0.717) is 0 Å². The molecule has 3 rings (SSSR count). The Hall–Kier alpha value is -3.26. The lowest BCUT2D eigenvalue weighted by atomic mass is 9.98. The van der Waals surface area contributed by atoms with E-state index < -0.39 is 18.1 Å².